The lowest BCUT2D eigenvalue weighted by Crippen LogP contribution is -2.26. The van der Waals surface area contributed by atoms with Gasteiger partial charge in [0.2, 0.25) is 0 Å². The number of alkyl halides is 1. The van der Waals surface area contributed by atoms with Crippen LogP contribution in [0.15, 0.2) is 53.3 Å². The van der Waals surface area contributed by atoms with Crippen molar-refractivity contribution in [3.05, 3.63) is 76.0 Å². The molecular formula is C25H29FN2O4. The van der Waals surface area contributed by atoms with Crippen molar-refractivity contribution in [1.82, 2.24) is 9.13 Å². The van der Waals surface area contributed by atoms with Crippen LogP contribution in [0.4, 0.5) is 9.18 Å². The van der Waals surface area contributed by atoms with Gasteiger partial charge in [0.1, 0.15) is 12.4 Å². The molecule has 6 nitrogen and oxygen atoms in total. The zero-order chi connectivity index (χ0) is 23.1. The number of carboxylic acid groups (broad SMARTS) is 1. The lowest BCUT2D eigenvalue weighted by atomic mass is 10.0. The highest BCUT2D eigenvalue weighted by Crippen LogP contribution is 2.30. The molecule has 0 aliphatic rings. The Kier molecular flexibility index (Phi) is 7.87. The first-order valence-corrected chi connectivity index (χ1v) is 11.0. The first kappa shape index (κ1) is 23.3. The van der Waals surface area contributed by atoms with E-state index >= 15 is 0 Å². The number of carbonyl (C=O) groups is 1. The Morgan fingerprint density at radius 2 is 1.72 bits per heavy atom. The molecule has 2 aromatic carbocycles. The van der Waals surface area contributed by atoms with Gasteiger partial charge in [-0.1, -0.05) is 69.2 Å². The second kappa shape index (κ2) is 10.8. The molecule has 1 heterocycles. The molecule has 0 unspecified atom stereocenters. The predicted octanol–water partition coefficient (Wildman–Crippen LogP) is 5.64. The molecule has 0 spiro atoms. The van der Waals surface area contributed by atoms with Crippen LogP contribution in [0.1, 0.15) is 50.1 Å². The van der Waals surface area contributed by atoms with E-state index in [9.17, 15) is 14.0 Å². The third-order valence-corrected chi connectivity index (χ3v) is 5.49. The molecule has 0 atom stereocenters. The highest BCUT2D eigenvalue weighted by Gasteiger charge is 2.19. The first-order valence-electron chi connectivity index (χ1n) is 11.0. The summed E-state index contributed by atoms with van der Waals surface area (Å²) >= 11 is 0. The number of nitrogens with zero attached hydrogens (tertiary/aromatic N) is 2. The molecule has 1 aromatic heterocycles. The summed E-state index contributed by atoms with van der Waals surface area (Å²) in [6.45, 7) is 4.29. The Morgan fingerprint density at radius 1 is 1.00 bits per heavy atom. The van der Waals surface area contributed by atoms with Crippen molar-refractivity contribution < 1.29 is 19.0 Å². The summed E-state index contributed by atoms with van der Waals surface area (Å²) in [4.78, 5) is 24.0. The number of para-hydroxylation sites is 1. The highest BCUT2D eigenvalue weighted by atomic mass is 19.1. The lowest BCUT2D eigenvalue weighted by molar-refractivity contribution is 0.144. The molecule has 32 heavy (non-hydrogen) atoms. The minimum atomic E-state index is -1.37. The van der Waals surface area contributed by atoms with Crippen LogP contribution < -0.4 is 10.4 Å². The van der Waals surface area contributed by atoms with Crippen molar-refractivity contribution in [1.29, 1.82) is 0 Å². The number of unbranched alkanes of at least 4 members (excludes halogenated alkanes) is 1. The van der Waals surface area contributed by atoms with Crippen molar-refractivity contribution >= 4 is 6.16 Å². The fourth-order valence-electron chi connectivity index (χ4n) is 3.92. The third-order valence-electron chi connectivity index (χ3n) is 5.49. The second-order valence-electron chi connectivity index (χ2n) is 7.71. The Labute approximate surface area is 186 Å². The van der Waals surface area contributed by atoms with E-state index in [1.165, 1.54) is 0 Å². The summed E-state index contributed by atoms with van der Waals surface area (Å²) in [7, 11) is 0. The number of halogens is 1. The normalized spacial score (nSPS) is 11.0. The van der Waals surface area contributed by atoms with Gasteiger partial charge in [-0.05, 0) is 30.0 Å². The summed E-state index contributed by atoms with van der Waals surface area (Å²) < 4.78 is 22.0. The molecule has 3 rings (SSSR count). The summed E-state index contributed by atoms with van der Waals surface area (Å²) in [5, 5.41) is 8.96. The van der Waals surface area contributed by atoms with E-state index in [1.54, 1.807) is 27.3 Å². The molecule has 3 aromatic rings. The smallest absolute Gasteiger partial charge is 0.449 e. The van der Waals surface area contributed by atoms with Gasteiger partial charge < -0.3 is 9.84 Å². The van der Waals surface area contributed by atoms with Gasteiger partial charge in [0.25, 0.3) is 0 Å². The maximum atomic E-state index is 13.9. The molecule has 1 N–H and O–H groups in total. The van der Waals surface area contributed by atoms with Crippen LogP contribution in [-0.4, -0.2) is 20.4 Å². The molecule has 0 fully saturated rings. The molecular weight excluding hydrogens is 411 g/mol. The first-order chi connectivity index (χ1) is 15.5. The third kappa shape index (κ3) is 5.10. The summed E-state index contributed by atoms with van der Waals surface area (Å²) in [6.07, 6.45) is 1.86. The maximum absolute atomic E-state index is 13.9. The summed E-state index contributed by atoms with van der Waals surface area (Å²) in [5.74, 6) is 0.259. The highest BCUT2D eigenvalue weighted by molar-refractivity contribution is 5.74. The Bertz CT molecular complexity index is 1120. The molecule has 7 heteroatoms. The average Bonchev–Trinajstić information content (AvgIpc) is 3.03. The van der Waals surface area contributed by atoms with Gasteiger partial charge in [0.15, 0.2) is 0 Å². The molecule has 0 saturated heterocycles. The SMILES string of the molecule is CCCCn1c(CF)c(CCC)n(Cc2ccc(-c3ccccc3OC(=O)O)cc2)c1=O. The van der Waals surface area contributed by atoms with Gasteiger partial charge in [-0.15, -0.1) is 0 Å². The number of ether oxygens (including phenoxy) is 1. The van der Waals surface area contributed by atoms with Gasteiger partial charge in [0, 0.05) is 17.8 Å². The predicted molar refractivity (Wildman–Crippen MR) is 122 cm³/mol. The largest absolute Gasteiger partial charge is 0.511 e. The van der Waals surface area contributed by atoms with Crippen molar-refractivity contribution in [2.24, 2.45) is 0 Å². The topological polar surface area (TPSA) is 73.5 Å². The fourth-order valence-corrected chi connectivity index (χ4v) is 3.92. The molecule has 170 valence electrons. The molecule has 0 aliphatic carbocycles. The molecule has 0 aliphatic heterocycles. The number of aromatic nitrogens is 2. The fraction of sp³-hybridized carbons (Fsp3) is 0.360. The zero-order valence-electron chi connectivity index (χ0n) is 18.5. The van der Waals surface area contributed by atoms with Crippen LogP contribution in [0, 0.1) is 0 Å². The quantitative estimate of drug-likeness (QED) is 0.327. The molecule has 0 saturated carbocycles. The maximum Gasteiger partial charge on any atom is 0.511 e. The number of benzene rings is 2. The van der Waals surface area contributed by atoms with Crippen molar-refractivity contribution in [2.45, 2.75) is 59.3 Å². The number of hydrogen-bond acceptors (Lipinski definition) is 3. The van der Waals surface area contributed by atoms with Gasteiger partial charge in [-0.2, -0.15) is 0 Å². The summed E-state index contributed by atoms with van der Waals surface area (Å²) in [5.41, 5.74) is 3.45. The van der Waals surface area contributed by atoms with Gasteiger partial charge >= 0.3 is 11.8 Å². The standard InChI is InChI=1S/C25H29FN2O4/c1-3-5-15-27-22(16-26)21(8-4-2)28(24(27)29)17-18-11-13-19(14-12-18)20-9-6-7-10-23(20)32-25(30)31/h6-7,9-14H,3-5,8,15-17H2,1-2H3,(H,30,31). The average molecular weight is 441 g/mol. The van der Waals surface area contributed by atoms with Crippen LogP contribution >= 0.6 is 0 Å². The van der Waals surface area contributed by atoms with E-state index in [-0.39, 0.29) is 11.4 Å². The van der Waals surface area contributed by atoms with E-state index in [2.05, 4.69) is 0 Å². The zero-order valence-corrected chi connectivity index (χ0v) is 18.5. The van der Waals surface area contributed by atoms with Gasteiger partial charge in [0.05, 0.1) is 12.2 Å². The Morgan fingerprint density at radius 3 is 2.34 bits per heavy atom. The minimum Gasteiger partial charge on any atom is -0.449 e. The number of rotatable bonds is 10. The Hall–Kier alpha value is -3.35. The van der Waals surface area contributed by atoms with Crippen LogP contribution in [-0.2, 0) is 26.2 Å². The van der Waals surface area contributed by atoms with E-state index in [1.807, 2.05) is 44.2 Å². The van der Waals surface area contributed by atoms with Crippen LogP contribution in [0.5, 0.6) is 5.75 Å². The van der Waals surface area contributed by atoms with E-state index in [4.69, 9.17) is 9.84 Å². The molecule has 0 amide bonds. The van der Waals surface area contributed by atoms with Gasteiger partial charge in [-0.3, -0.25) is 9.13 Å². The monoisotopic (exact) mass is 440 g/mol. The van der Waals surface area contributed by atoms with Crippen LogP contribution in [0.25, 0.3) is 11.1 Å². The van der Waals surface area contributed by atoms with E-state index in [0.29, 0.717) is 30.8 Å². The lowest BCUT2D eigenvalue weighted by Gasteiger charge is -2.11. The Balaban J connectivity index is 1.93. The van der Waals surface area contributed by atoms with Crippen molar-refractivity contribution in [2.75, 3.05) is 0 Å². The van der Waals surface area contributed by atoms with Crippen LogP contribution in [0.2, 0.25) is 0 Å². The van der Waals surface area contributed by atoms with E-state index in [0.717, 1.165) is 36.1 Å². The number of hydrogen-bond donors (Lipinski definition) is 1. The minimum absolute atomic E-state index is 0.168. The van der Waals surface area contributed by atoms with Crippen LogP contribution in [0.3, 0.4) is 0 Å². The molecule has 0 radical (unpaired) electrons. The number of imidazole rings is 1. The summed E-state index contributed by atoms with van der Waals surface area (Å²) in [6, 6.07) is 14.4. The second-order valence-corrected chi connectivity index (χ2v) is 7.71. The van der Waals surface area contributed by atoms with Crippen molar-refractivity contribution in [3.63, 3.8) is 0 Å². The van der Waals surface area contributed by atoms with Crippen molar-refractivity contribution in [3.8, 4) is 16.9 Å². The molecule has 0 bridgehead atoms. The van der Waals surface area contributed by atoms with Gasteiger partial charge in [-0.25, -0.2) is 14.0 Å². The van der Waals surface area contributed by atoms with E-state index < -0.39 is 12.8 Å².